The van der Waals surface area contributed by atoms with Gasteiger partial charge in [-0.25, -0.2) is 0 Å². The van der Waals surface area contributed by atoms with Gasteiger partial charge in [-0.15, -0.1) is 4.72 Å². The van der Waals surface area contributed by atoms with Crippen LogP contribution >= 0.6 is 0 Å². The van der Waals surface area contributed by atoms with Crippen LogP contribution in [0.4, 0.5) is 0 Å². The summed E-state index contributed by atoms with van der Waals surface area (Å²) in [4.78, 5) is 0. The van der Waals surface area contributed by atoms with Crippen LogP contribution in [-0.4, -0.2) is 12.4 Å². The Hall–Kier alpha value is -1.28. The highest BCUT2D eigenvalue weighted by molar-refractivity contribution is 7.93. The second-order valence-corrected chi connectivity index (χ2v) is 5.00. The van der Waals surface area contributed by atoms with Crippen molar-refractivity contribution in [3.05, 3.63) is 23.2 Å². The molecule has 0 saturated heterocycles. The highest BCUT2D eigenvalue weighted by atomic mass is 32.2. The third-order valence-corrected chi connectivity index (χ3v) is 3.85. The second-order valence-electron chi connectivity index (χ2n) is 3.40. The molecule has 5 heteroatoms. The number of nitriles is 1. The first kappa shape index (κ1) is 10.2. The first-order valence-corrected chi connectivity index (χ1v) is 6.46. The predicted molar refractivity (Wildman–Crippen MR) is 60.1 cm³/mol. The maximum absolute atomic E-state index is 8.93. The Morgan fingerprint density at radius 3 is 3.20 bits per heavy atom. The van der Waals surface area contributed by atoms with Gasteiger partial charge in [-0.1, -0.05) is 13.3 Å². The average Bonchev–Trinajstić information content (AvgIpc) is 2.68. The monoisotopic (exact) mass is 224 g/mol. The molecule has 80 valence electrons. The molecular weight excluding hydrogens is 210 g/mol. The topological polar surface area (TPSA) is 57.1 Å². The number of nitrogens with one attached hydrogen (secondary N) is 2. The van der Waals surface area contributed by atoms with Crippen molar-refractivity contribution in [2.24, 2.45) is 0 Å². The molecule has 15 heavy (non-hydrogen) atoms. The quantitative estimate of drug-likeness (QED) is 0.704. The van der Waals surface area contributed by atoms with E-state index in [2.05, 4.69) is 22.4 Å². The van der Waals surface area contributed by atoms with Gasteiger partial charge in [0.2, 0.25) is 11.3 Å². The lowest BCUT2D eigenvalue weighted by atomic mass is 10.2. The third kappa shape index (κ3) is 2.05. The van der Waals surface area contributed by atoms with Crippen LogP contribution in [-0.2, 0) is 16.0 Å². The van der Waals surface area contributed by atoms with Crippen molar-refractivity contribution in [1.82, 2.24) is 9.44 Å². The van der Waals surface area contributed by atoms with E-state index in [1.54, 1.807) is 6.08 Å². The first-order chi connectivity index (χ1) is 7.35. The Balaban J connectivity index is 2.01. The summed E-state index contributed by atoms with van der Waals surface area (Å²) in [6.45, 7) is 2.66. The fourth-order valence-electron chi connectivity index (χ4n) is 1.44. The number of hydrogen-bond donors (Lipinski definition) is 2. The number of rotatable bonds is 3. The Bertz CT molecular complexity index is 356. The Labute approximate surface area is 92.6 Å². The first-order valence-electron chi connectivity index (χ1n) is 5.07. The smallest absolute Gasteiger partial charge is 0.261 e. The maximum atomic E-state index is 8.93. The summed E-state index contributed by atoms with van der Waals surface area (Å²) < 4.78 is 12.0. The minimum atomic E-state index is -0.0604. The highest BCUT2D eigenvalue weighted by Gasteiger charge is 2.36. The molecule has 0 aromatic rings. The van der Waals surface area contributed by atoms with E-state index >= 15 is 0 Å². The predicted octanol–water partition coefficient (Wildman–Crippen LogP) is 1.08. The molecule has 0 radical (unpaired) electrons. The molecule has 0 saturated carbocycles. The highest BCUT2D eigenvalue weighted by Crippen LogP contribution is 2.23. The van der Waals surface area contributed by atoms with Crippen LogP contribution in [0.2, 0.25) is 0 Å². The largest absolute Gasteiger partial charge is 0.471 e. The van der Waals surface area contributed by atoms with Gasteiger partial charge in [-0.3, -0.25) is 0 Å². The maximum Gasteiger partial charge on any atom is 0.261 e. The molecule has 0 spiro atoms. The van der Waals surface area contributed by atoms with Crippen LogP contribution in [0, 0.1) is 11.3 Å². The van der Waals surface area contributed by atoms with Gasteiger partial charge in [0.1, 0.15) is 12.7 Å². The fourth-order valence-corrected chi connectivity index (χ4v) is 3.11. The molecule has 0 aliphatic carbocycles. The molecule has 0 aromatic heterocycles. The SMILES string of the molecule is CCCC[S+]1NC2=C(N1)C(C#N)=CCO2. The number of unbranched alkanes of at least 4 members (excludes halogenated alkanes) is 1. The van der Waals surface area contributed by atoms with Crippen molar-refractivity contribution in [3.63, 3.8) is 0 Å². The summed E-state index contributed by atoms with van der Waals surface area (Å²) in [5, 5.41) is 8.93. The number of ether oxygens (including phenoxy) is 1. The van der Waals surface area contributed by atoms with Crippen LogP contribution < -0.4 is 9.44 Å². The molecule has 0 fully saturated rings. The van der Waals surface area contributed by atoms with Gasteiger partial charge >= 0.3 is 0 Å². The lowest BCUT2D eigenvalue weighted by Crippen LogP contribution is -2.29. The van der Waals surface area contributed by atoms with Gasteiger partial charge in [0, 0.05) is 0 Å². The van der Waals surface area contributed by atoms with Crippen LogP contribution in [0.1, 0.15) is 19.8 Å². The molecule has 2 aliphatic heterocycles. The van der Waals surface area contributed by atoms with Crippen molar-refractivity contribution in [2.75, 3.05) is 12.4 Å². The van der Waals surface area contributed by atoms with Gasteiger partial charge in [0.15, 0.2) is 11.4 Å². The number of allylic oxidation sites excluding steroid dienone is 1. The van der Waals surface area contributed by atoms with E-state index in [4.69, 9.17) is 10.00 Å². The summed E-state index contributed by atoms with van der Waals surface area (Å²) in [5.41, 5.74) is 1.53. The third-order valence-electron chi connectivity index (χ3n) is 2.28. The van der Waals surface area contributed by atoms with E-state index in [0.717, 1.165) is 17.3 Å². The Kier molecular flexibility index (Phi) is 3.07. The molecule has 0 bridgehead atoms. The summed E-state index contributed by atoms with van der Waals surface area (Å²) in [6.07, 6.45) is 4.16. The zero-order valence-corrected chi connectivity index (χ0v) is 9.49. The van der Waals surface area contributed by atoms with Gasteiger partial charge in [0.25, 0.3) is 5.88 Å². The Morgan fingerprint density at radius 1 is 1.60 bits per heavy atom. The molecule has 2 heterocycles. The molecule has 2 N–H and O–H groups in total. The van der Waals surface area contributed by atoms with E-state index in [0.29, 0.717) is 12.2 Å². The van der Waals surface area contributed by atoms with Crippen molar-refractivity contribution < 1.29 is 4.74 Å². The standard InChI is InChI=1S/C10H13N3OS/c1-2-3-6-15-12-9-8(7-11)4-5-14-10(9)13-15/h4H,2-3,5-6H2,1H3,(H,12,13)/p+1. The zero-order chi connectivity index (χ0) is 10.7. The van der Waals surface area contributed by atoms with Crippen LogP contribution in [0.5, 0.6) is 0 Å². The van der Waals surface area contributed by atoms with Gasteiger partial charge in [-0.05, 0) is 12.5 Å². The van der Waals surface area contributed by atoms with E-state index in [-0.39, 0.29) is 11.3 Å². The molecular formula is C10H14N3OS+. The summed E-state index contributed by atoms with van der Waals surface area (Å²) >= 11 is -0.0604. The molecule has 1 unspecified atom stereocenters. The average molecular weight is 224 g/mol. The number of hydrogen-bond acceptors (Lipinski definition) is 4. The molecule has 0 aromatic carbocycles. The van der Waals surface area contributed by atoms with Crippen LogP contribution in [0.3, 0.4) is 0 Å². The summed E-state index contributed by atoms with van der Waals surface area (Å²) in [6, 6.07) is 2.18. The molecule has 2 rings (SSSR count). The molecule has 1 atom stereocenters. The van der Waals surface area contributed by atoms with E-state index in [1.165, 1.54) is 12.8 Å². The van der Waals surface area contributed by atoms with Gasteiger partial charge in [0.05, 0.1) is 5.57 Å². The van der Waals surface area contributed by atoms with Crippen molar-refractivity contribution >= 4 is 11.3 Å². The Morgan fingerprint density at radius 2 is 2.47 bits per heavy atom. The van der Waals surface area contributed by atoms with Gasteiger partial charge in [-0.2, -0.15) is 9.98 Å². The summed E-state index contributed by atoms with van der Waals surface area (Å²) in [5.74, 6) is 1.82. The van der Waals surface area contributed by atoms with Crippen molar-refractivity contribution in [2.45, 2.75) is 19.8 Å². The second kappa shape index (κ2) is 4.49. The van der Waals surface area contributed by atoms with Crippen molar-refractivity contribution in [1.29, 1.82) is 5.26 Å². The van der Waals surface area contributed by atoms with Crippen molar-refractivity contribution in [3.8, 4) is 6.07 Å². The normalized spacial score (nSPS) is 23.2. The molecule has 0 amide bonds. The van der Waals surface area contributed by atoms with Crippen LogP contribution in [0.25, 0.3) is 0 Å². The molecule has 4 nitrogen and oxygen atoms in total. The fraction of sp³-hybridized carbons (Fsp3) is 0.500. The van der Waals surface area contributed by atoms with Gasteiger partial charge < -0.3 is 4.74 Å². The van der Waals surface area contributed by atoms with E-state index in [9.17, 15) is 0 Å². The summed E-state index contributed by atoms with van der Waals surface area (Å²) in [7, 11) is 0. The zero-order valence-electron chi connectivity index (χ0n) is 8.67. The lowest BCUT2D eigenvalue weighted by molar-refractivity contribution is 0.230. The molecule has 2 aliphatic rings. The number of nitrogens with zero attached hydrogens (tertiary/aromatic N) is 1. The van der Waals surface area contributed by atoms with E-state index in [1.807, 2.05) is 0 Å². The minimum Gasteiger partial charge on any atom is -0.471 e. The van der Waals surface area contributed by atoms with Crippen LogP contribution in [0.15, 0.2) is 23.2 Å². The lowest BCUT2D eigenvalue weighted by Gasteiger charge is -2.07. The van der Waals surface area contributed by atoms with E-state index < -0.39 is 0 Å². The minimum absolute atomic E-state index is 0.0604.